The molecular weight excluding hydrogens is 186 g/mol. The van der Waals surface area contributed by atoms with Crippen molar-refractivity contribution in [3.8, 4) is 0 Å². The minimum Gasteiger partial charge on any atom is -0.302 e. The van der Waals surface area contributed by atoms with Crippen LogP contribution in [0.25, 0.3) is 0 Å². The molecule has 2 nitrogen and oxygen atoms in total. The summed E-state index contributed by atoms with van der Waals surface area (Å²) in [5, 5.41) is 0. The largest absolute Gasteiger partial charge is 0.302 e. The molecule has 0 aliphatic rings. The first-order chi connectivity index (χ1) is 7.35. The van der Waals surface area contributed by atoms with Gasteiger partial charge in [-0.15, -0.1) is 0 Å². The molecule has 0 saturated carbocycles. The fourth-order valence-corrected chi connectivity index (χ4v) is 1.71. The highest BCUT2D eigenvalue weighted by atomic mass is 16.6. The highest BCUT2D eigenvalue weighted by Gasteiger charge is 2.01. The van der Waals surface area contributed by atoms with Gasteiger partial charge in [0.2, 0.25) is 0 Å². The lowest BCUT2D eigenvalue weighted by Gasteiger charge is -2.12. The van der Waals surface area contributed by atoms with E-state index in [2.05, 4.69) is 26.3 Å². The fourth-order valence-electron chi connectivity index (χ4n) is 1.71. The molecule has 0 aromatic heterocycles. The predicted molar refractivity (Wildman–Crippen MR) is 66.8 cm³/mol. The van der Waals surface area contributed by atoms with Crippen LogP contribution in [0.3, 0.4) is 0 Å². The number of hydrogen-bond acceptors (Lipinski definition) is 2. The molecule has 2 heteroatoms. The van der Waals surface area contributed by atoms with Gasteiger partial charge in [-0.2, -0.15) is 0 Å². The average molecular weight is 215 g/mol. The summed E-state index contributed by atoms with van der Waals surface area (Å²) < 4.78 is 0. The lowest BCUT2D eigenvalue weighted by Crippen LogP contribution is -2.19. The number of nitrogens with one attached hydrogen (secondary N) is 1. The van der Waals surface area contributed by atoms with Gasteiger partial charge in [0.1, 0.15) is 0 Å². The van der Waals surface area contributed by atoms with Crippen molar-refractivity contribution in [2.75, 3.05) is 13.2 Å². The van der Waals surface area contributed by atoms with Crippen LogP contribution in [0.15, 0.2) is 0 Å². The third-order valence-electron chi connectivity index (χ3n) is 3.01. The summed E-state index contributed by atoms with van der Waals surface area (Å²) in [4.78, 5) is 5.37. The molecule has 0 atom stereocenters. The zero-order valence-corrected chi connectivity index (χ0v) is 10.8. The lowest BCUT2D eigenvalue weighted by molar-refractivity contribution is 0.0353. The van der Waals surface area contributed by atoms with Gasteiger partial charge < -0.3 is 4.84 Å². The maximum absolute atomic E-state index is 5.37. The summed E-state index contributed by atoms with van der Waals surface area (Å²) >= 11 is 0. The smallest absolute Gasteiger partial charge is 0.0682 e. The second kappa shape index (κ2) is 12.0. The molecule has 0 saturated heterocycles. The molecule has 0 heterocycles. The topological polar surface area (TPSA) is 21.3 Å². The van der Waals surface area contributed by atoms with Crippen molar-refractivity contribution >= 4 is 0 Å². The van der Waals surface area contributed by atoms with E-state index < -0.39 is 0 Å². The number of unbranched alkanes of at least 4 members (excludes halogenated alkanes) is 3. The summed E-state index contributed by atoms with van der Waals surface area (Å²) in [6.45, 7) is 8.62. The maximum Gasteiger partial charge on any atom is 0.0682 e. The van der Waals surface area contributed by atoms with Crippen molar-refractivity contribution < 1.29 is 4.84 Å². The van der Waals surface area contributed by atoms with Crippen LogP contribution < -0.4 is 5.48 Å². The second-order valence-electron chi connectivity index (χ2n) is 4.27. The zero-order valence-electron chi connectivity index (χ0n) is 10.8. The molecule has 0 bridgehead atoms. The average Bonchev–Trinajstić information content (AvgIpc) is 2.27. The standard InChI is InChI=1S/C13H29NO/c1-4-7-8-9-12-15-14-11-10-13(5-2)6-3/h13-14H,4-12H2,1-3H3. The first kappa shape index (κ1) is 14.9. The Kier molecular flexibility index (Phi) is 11.9. The molecule has 0 spiro atoms. The molecule has 15 heavy (non-hydrogen) atoms. The Morgan fingerprint density at radius 1 is 1.00 bits per heavy atom. The monoisotopic (exact) mass is 215 g/mol. The van der Waals surface area contributed by atoms with Crippen molar-refractivity contribution in [1.29, 1.82) is 0 Å². The van der Waals surface area contributed by atoms with E-state index in [1.807, 2.05) is 0 Å². The first-order valence-electron chi connectivity index (χ1n) is 6.69. The molecule has 0 unspecified atom stereocenters. The Hall–Kier alpha value is -0.0800. The lowest BCUT2D eigenvalue weighted by atomic mass is 10.00. The van der Waals surface area contributed by atoms with E-state index in [9.17, 15) is 0 Å². The van der Waals surface area contributed by atoms with Gasteiger partial charge >= 0.3 is 0 Å². The molecule has 0 amide bonds. The summed E-state index contributed by atoms with van der Waals surface area (Å²) in [6, 6.07) is 0. The van der Waals surface area contributed by atoms with Gasteiger partial charge in [0, 0.05) is 6.54 Å². The predicted octanol–water partition coefficient (Wildman–Crippen LogP) is 3.91. The van der Waals surface area contributed by atoms with Crippen LogP contribution in [-0.2, 0) is 4.84 Å². The van der Waals surface area contributed by atoms with Crippen LogP contribution in [0, 0.1) is 5.92 Å². The van der Waals surface area contributed by atoms with Gasteiger partial charge in [-0.1, -0.05) is 52.9 Å². The molecule has 0 fully saturated rings. The number of hydroxylamine groups is 1. The van der Waals surface area contributed by atoms with Crippen LogP contribution in [0.4, 0.5) is 0 Å². The molecule has 0 aliphatic carbocycles. The third-order valence-corrected chi connectivity index (χ3v) is 3.01. The minimum atomic E-state index is 0.862. The van der Waals surface area contributed by atoms with Crippen molar-refractivity contribution in [1.82, 2.24) is 5.48 Å². The molecule has 0 rings (SSSR count). The van der Waals surface area contributed by atoms with Gasteiger partial charge in [0.25, 0.3) is 0 Å². The fraction of sp³-hybridized carbons (Fsp3) is 1.00. The Balaban J connectivity index is 3.04. The van der Waals surface area contributed by atoms with E-state index in [4.69, 9.17) is 4.84 Å². The van der Waals surface area contributed by atoms with Crippen LogP contribution >= 0.6 is 0 Å². The summed E-state index contributed by atoms with van der Waals surface area (Å²) in [5.74, 6) is 0.862. The first-order valence-corrected chi connectivity index (χ1v) is 6.69. The van der Waals surface area contributed by atoms with Gasteiger partial charge in [-0.05, 0) is 18.8 Å². The van der Waals surface area contributed by atoms with Crippen LogP contribution in [-0.4, -0.2) is 13.2 Å². The minimum absolute atomic E-state index is 0.862. The Bertz CT molecular complexity index is 113. The Morgan fingerprint density at radius 2 is 1.73 bits per heavy atom. The molecule has 0 aliphatic heterocycles. The summed E-state index contributed by atoms with van der Waals surface area (Å²) in [6.07, 6.45) is 8.92. The van der Waals surface area contributed by atoms with E-state index in [1.165, 1.54) is 44.9 Å². The molecule has 0 radical (unpaired) electrons. The quantitative estimate of drug-likeness (QED) is 0.417. The van der Waals surface area contributed by atoms with Gasteiger partial charge in [0.05, 0.1) is 6.61 Å². The van der Waals surface area contributed by atoms with Crippen LogP contribution in [0.5, 0.6) is 0 Å². The van der Waals surface area contributed by atoms with Crippen LogP contribution in [0.2, 0.25) is 0 Å². The van der Waals surface area contributed by atoms with E-state index in [1.54, 1.807) is 0 Å². The molecule has 0 aromatic carbocycles. The van der Waals surface area contributed by atoms with Gasteiger partial charge in [0.15, 0.2) is 0 Å². The van der Waals surface area contributed by atoms with E-state index in [-0.39, 0.29) is 0 Å². The Morgan fingerprint density at radius 3 is 2.33 bits per heavy atom. The zero-order chi connectivity index (χ0) is 11.4. The maximum atomic E-state index is 5.37. The normalized spacial score (nSPS) is 11.2. The SMILES string of the molecule is CCCCCCONCCC(CC)CC. The Labute approximate surface area is 95.7 Å². The van der Waals surface area contributed by atoms with E-state index >= 15 is 0 Å². The van der Waals surface area contributed by atoms with Gasteiger partial charge in [-0.25, -0.2) is 5.48 Å². The van der Waals surface area contributed by atoms with E-state index in [0.717, 1.165) is 19.1 Å². The number of hydrogen-bond donors (Lipinski definition) is 1. The van der Waals surface area contributed by atoms with Crippen molar-refractivity contribution in [3.05, 3.63) is 0 Å². The number of rotatable bonds is 11. The summed E-state index contributed by atoms with van der Waals surface area (Å²) in [5.41, 5.74) is 3.06. The van der Waals surface area contributed by atoms with Crippen molar-refractivity contribution in [3.63, 3.8) is 0 Å². The van der Waals surface area contributed by atoms with Crippen molar-refractivity contribution in [2.45, 2.75) is 65.7 Å². The van der Waals surface area contributed by atoms with E-state index in [0.29, 0.717) is 0 Å². The highest BCUT2D eigenvalue weighted by molar-refractivity contribution is 4.54. The summed E-state index contributed by atoms with van der Waals surface area (Å²) in [7, 11) is 0. The van der Waals surface area contributed by atoms with Crippen molar-refractivity contribution in [2.24, 2.45) is 5.92 Å². The second-order valence-corrected chi connectivity index (χ2v) is 4.27. The van der Waals surface area contributed by atoms with Crippen LogP contribution in [0.1, 0.15) is 65.7 Å². The molecule has 1 N–H and O–H groups in total. The molecule has 92 valence electrons. The third kappa shape index (κ3) is 10.2. The molecule has 0 aromatic rings. The highest BCUT2D eigenvalue weighted by Crippen LogP contribution is 2.10. The molecular formula is C13H29NO. The van der Waals surface area contributed by atoms with Gasteiger partial charge in [-0.3, -0.25) is 0 Å².